The van der Waals surface area contributed by atoms with Crippen molar-refractivity contribution in [2.75, 3.05) is 17.2 Å². The molecule has 2 nitrogen and oxygen atoms in total. The Labute approximate surface area is 105 Å². The highest BCUT2D eigenvalue weighted by Crippen LogP contribution is 2.35. The number of nitrogens with zero attached hydrogens (tertiary/aromatic N) is 1. The van der Waals surface area contributed by atoms with Crippen molar-refractivity contribution in [2.24, 2.45) is 0 Å². The molecule has 100 valence electrons. The summed E-state index contributed by atoms with van der Waals surface area (Å²) in [6.45, 7) is 2.83. The summed E-state index contributed by atoms with van der Waals surface area (Å²) in [5.41, 5.74) is 5.65. The Hall–Kier alpha value is -1.39. The van der Waals surface area contributed by atoms with Crippen LogP contribution in [-0.4, -0.2) is 12.6 Å². The van der Waals surface area contributed by atoms with Crippen molar-refractivity contribution in [3.05, 3.63) is 23.8 Å². The van der Waals surface area contributed by atoms with E-state index in [0.29, 0.717) is 5.69 Å². The van der Waals surface area contributed by atoms with Crippen LogP contribution in [0.3, 0.4) is 0 Å². The quantitative estimate of drug-likeness (QED) is 0.779. The highest BCUT2D eigenvalue weighted by atomic mass is 19.4. The van der Waals surface area contributed by atoms with Crippen LogP contribution < -0.4 is 10.6 Å². The number of piperidine rings is 1. The number of halogens is 3. The molecule has 1 aliphatic rings. The Morgan fingerprint density at radius 1 is 1.22 bits per heavy atom. The summed E-state index contributed by atoms with van der Waals surface area (Å²) < 4.78 is 38.2. The van der Waals surface area contributed by atoms with E-state index >= 15 is 0 Å². The van der Waals surface area contributed by atoms with Gasteiger partial charge in [-0.1, -0.05) is 0 Å². The lowest BCUT2D eigenvalue weighted by atomic mass is 10.0. The van der Waals surface area contributed by atoms with Crippen LogP contribution in [0, 0.1) is 0 Å². The smallest absolute Gasteiger partial charge is 0.399 e. The highest BCUT2D eigenvalue weighted by molar-refractivity contribution is 5.59. The van der Waals surface area contributed by atoms with Crippen molar-refractivity contribution in [3.8, 4) is 0 Å². The van der Waals surface area contributed by atoms with Gasteiger partial charge in [-0.2, -0.15) is 13.2 Å². The van der Waals surface area contributed by atoms with Crippen LogP contribution in [0.5, 0.6) is 0 Å². The lowest BCUT2D eigenvalue weighted by Gasteiger charge is -2.35. The molecule has 1 fully saturated rings. The van der Waals surface area contributed by atoms with Crippen molar-refractivity contribution >= 4 is 11.4 Å². The van der Waals surface area contributed by atoms with Gasteiger partial charge >= 0.3 is 6.18 Å². The number of anilines is 2. The molecule has 0 radical (unpaired) electrons. The first-order chi connectivity index (χ1) is 8.38. The molecule has 1 aromatic carbocycles. The Morgan fingerprint density at radius 3 is 2.56 bits per heavy atom. The highest BCUT2D eigenvalue weighted by Gasteiger charge is 2.32. The maximum absolute atomic E-state index is 12.7. The number of benzene rings is 1. The van der Waals surface area contributed by atoms with E-state index in [1.165, 1.54) is 6.07 Å². The topological polar surface area (TPSA) is 29.3 Å². The Balaban J connectivity index is 2.35. The molecule has 2 N–H and O–H groups in total. The average Bonchev–Trinajstić information content (AvgIpc) is 2.27. The molecular weight excluding hydrogens is 241 g/mol. The van der Waals surface area contributed by atoms with E-state index in [1.807, 2.05) is 11.8 Å². The summed E-state index contributed by atoms with van der Waals surface area (Å²) in [7, 11) is 0. The summed E-state index contributed by atoms with van der Waals surface area (Å²) in [5.74, 6) is 0. The summed E-state index contributed by atoms with van der Waals surface area (Å²) in [4.78, 5) is 2.01. The first kappa shape index (κ1) is 13.1. The van der Waals surface area contributed by atoms with Crippen molar-refractivity contribution in [1.82, 2.24) is 0 Å². The second-order valence-corrected chi connectivity index (χ2v) is 4.85. The molecule has 0 amide bonds. The molecule has 0 aliphatic carbocycles. The van der Waals surface area contributed by atoms with Crippen LogP contribution in [0.4, 0.5) is 24.5 Å². The fourth-order valence-corrected chi connectivity index (χ4v) is 2.45. The molecular formula is C13H17F3N2. The van der Waals surface area contributed by atoms with E-state index in [-0.39, 0.29) is 11.7 Å². The monoisotopic (exact) mass is 258 g/mol. The van der Waals surface area contributed by atoms with Gasteiger partial charge in [0, 0.05) is 24.0 Å². The van der Waals surface area contributed by atoms with E-state index in [1.54, 1.807) is 6.07 Å². The molecule has 0 aromatic heterocycles. The first-order valence-electron chi connectivity index (χ1n) is 6.12. The van der Waals surface area contributed by atoms with Crippen molar-refractivity contribution in [2.45, 2.75) is 38.4 Å². The maximum atomic E-state index is 12.7. The van der Waals surface area contributed by atoms with Gasteiger partial charge in [0.05, 0.1) is 5.56 Å². The molecule has 0 bridgehead atoms. The third-order valence-corrected chi connectivity index (χ3v) is 3.40. The second-order valence-electron chi connectivity index (χ2n) is 4.85. The number of nitrogens with two attached hydrogens (primary N) is 1. The summed E-state index contributed by atoms with van der Waals surface area (Å²) in [5, 5.41) is 0. The number of hydrogen-bond donors (Lipinski definition) is 1. The second kappa shape index (κ2) is 4.71. The minimum absolute atomic E-state index is 0.164. The minimum Gasteiger partial charge on any atom is -0.399 e. The Morgan fingerprint density at radius 2 is 1.94 bits per heavy atom. The fourth-order valence-electron chi connectivity index (χ4n) is 2.45. The zero-order chi connectivity index (χ0) is 13.3. The number of rotatable bonds is 1. The third-order valence-electron chi connectivity index (χ3n) is 3.40. The first-order valence-corrected chi connectivity index (χ1v) is 6.12. The molecule has 0 saturated carbocycles. The Kier molecular flexibility index (Phi) is 3.41. The van der Waals surface area contributed by atoms with Crippen LogP contribution in [0.1, 0.15) is 31.7 Å². The number of alkyl halides is 3. The third kappa shape index (κ3) is 2.71. The van der Waals surface area contributed by atoms with E-state index in [0.717, 1.165) is 31.9 Å². The van der Waals surface area contributed by atoms with Crippen LogP contribution in [0.15, 0.2) is 18.2 Å². The number of hydrogen-bond acceptors (Lipinski definition) is 2. The van der Waals surface area contributed by atoms with E-state index in [9.17, 15) is 13.2 Å². The molecule has 2 rings (SSSR count). The predicted octanol–water partition coefficient (Wildman–Crippen LogP) is 3.67. The normalized spacial score (nSPS) is 21.1. The maximum Gasteiger partial charge on any atom is 0.416 e. The summed E-state index contributed by atoms with van der Waals surface area (Å²) >= 11 is 0. The van der Waals surface area contributed by atoms with Gasteiger partial charge < -0.3 is 10.6 Å². The zero-order valence-corrected chi connectivity index (χ0v) is 10.3. The molecule has 1 atom stereocenters. The standard InChI is InChI=1S/C13H17F3N2/c1-9-4-2-3-5-18(9)12-7-10(13(14,15)16)6-11(17)8-12/h6-9H,2-5,17H2,1H3/t9-/m0/s1. The fraction of sp³-hybridized carbons (Fsp3) is 0.538. The summed E-state index contributed by atoms with van der Waals surface area (Å²) in [6, 6.07) is 4.06. The van der Waals surface area contributed by atoms with Gasteiger partial charge in [0.25, 0.3) is 0 Å². The Bertz CT molecular complexity index is 429. The van der Waals surface area contributed by atoms with Gasteiger partial charge in [0.15, 0.2) is 0 Å². The predicted molar refractivity (Wildman–Crippen MR) is 66.5 cm³/mol. The molecule has 1 aliphatic heterocycles. The van der Waals surface area contributed by atoms with Gasteiger partial charge in [-0.05, 0) is 44.4 Å². The zero-order valence-electron chi connectivity index (χ0n) is 10.3. The van der Waals surface area contributed by atoms with Crippen molar-refractivity contribution in [1.29, 1.82) is 0 Å². The lowest BCUT2D eigenvalue weighted by molar-refractivity contribution is -0.137. The van der Waals surface area contributed by atoms with Gasteiger partial charge in [-0.3, -0.25) is 0 Å². The van der Waals surface area contributed by atoms with Crippen LogP contribution >= 0.6 is 0 Å². The largest absolute Gasteiger partial charge is 0.416 e. The SMILES string of the molecule is C[C@H]1CCCCN1c1cc(N)cc(C(F)(F)F)c1. The molecule has 0 unspecified atom stereocenters. The lowest BCUT2D eigenvalue weighted by Crippen LogP contribution is -2.37. The molecule has 1 saturated heterocycles. The minimum atomic E-state index is -4.34. The van der Waals surface area contributed by atoms with E-state index in [4.69, 9.17) is 5.73 Å². The number of nitrogen functional groups attached to an aromatic ring is 1. The van der Waals surface area contributed by atoms with Gasteiger partial charge in [-0.15, -0.1) is 0 Å². The van der Waals surface area contributed by atoms with Gasteiger partial charge in [-0.25, -0.2) is 0 Å². The van der Waals surface area contributed by atoms with Gasteiger partial charge in [0.2, 0.25) is 0 Å². The van der Waals surface area contributed by atoms with Gasteiger partial charge in [0.1, 0.15) is 0 Å². The summed E-state index contributed by atoms with van der Waals surface area (Å²) in [6.07, 6.45) is -1.19. The molecule has 18 heavy (non-hydrogen) atoms. The molecule has 5 heteroatoms. The average molecular weight is 258 g/mol. The van der Waals surface area contributed by atoms with E-state index in [2.05, 4.69) is 0 Å². The van der Waals surface area contributed by atoms with Crippen molar-refractivity contribution < 1.29 is 13.2 Å². The van der Waals surface area contributed by atoms with Crippen LogP contribution in [-0.2, 0) is 6.18 Å². The molecule has 1 heterocycles. The molecule has 0 spiro atoms. The van der Waals surface area contributed by atoms with Crippen LogP contribution in [0.25, 0.3) is 0 Å². The van der Waals surface area contributed by atoms with Crippen LogP contribution in [0.2, 0.25) is 0 Å². The van der Waals surface area contributed by atoms with E-state index < -0.39 is 11.7 Å². The van der Waals surface area contributed by atoms with Crippen molar-refractivity contribution in [3.63, 3.8) is 0 Å². The molecule has 1 aromatic rings.